The molecule has 0 aromatic rings. The van der Waals surface area contributed by atoms with E-state index in [4.69, 9.17) is 37.6 Å². The molecule has 220 valence electrons. The third-order valence-corrected chi connectivity index (χ3v) is 11.5. The topological polar surface area (TPSA) is 190 Å². The van der Waals surface area contributed by atoms with Crippen molar-refractivity contribution in [3.8, 4) is 0 Å². The molecule has 0 aromatic carbocycles. The van der Waals surface area contributed by atoms with Gasteiger partial charge < -0.3 is 34.3 Å². The van der Waals surface area contributed by atoms with Crippen molar-refractivity contribution in [3.63, 3.8) is 0 Å². The van der Waals surface area contributed by atoms with Crippen LogP contribution in [0.25, 0.3) is 0 Å². The monoisotopic (exact) mass is 567 g/mol. The van der Waals surface area contributed by atoms with E-state index in [9.17, 15) is 15.3 Å². The summed E-state index contributed by atoms with van der Waals surface area (Å²) >= 11 is 0. The second kappa shape index (κ2) is 9.41. The summed E-state index contributed by atoms with van der Waals surface area (Å²) in [5.41, 5.74) is -3.70. The van der Waals surface area contributed by atoms with Crippen LogP contribution >= 0.6 is 0 Å². The van der Waals surface area contributed by atoms with Crippen LogP contribution in [0.4, 0.5) is 0 Å². The first-order valence-corrected chi connectivity index (χ1v) is 14.6. The number of halogens is 1. The van der Waals surface area contributed by atoms with E-state index in [1.165, 1.54) is 0 Å². The highest BCUT2D eigenvalue weighted by atomic mass is 35.7. The van der Waals surface area contributed by atoms with Crippen molar-refractivity contribution in [2.75, 3.05) is 48.1 Å². The number of piperidine rings is 1. The first-order valence-electron chi connectivity index (χ1n) is 13.3. The van der Waals surface area contributed by atoms with Crippen LogP contribution in [0.5, 0.6) is 0 Å². The summed E-state index contributed by atoms with van der Waals surface area (Å²) in [6.45, 7) is 4.28. The highest BCUT2D eigenvalue weighted by Gasteiger charge is 2.91. The lowest BCUT2D eigenvalue weighted by molar-refractivity contribution is -1.92. The van der Waals surface area contributed by atoms with Gasteiger partial charge in [-0.05, 0) is 31.7 Å². The van der Waals surface area contributed by atoms with Gasteiger partial charge in [-0.15, -0.1) is 0 Å². The van der Waals surface area contributed by atoms with Gasteiger partial charge in [0.15, 0.2) is 0 Å². The third-order valence-electron chi connectivity index (χ3n) is 11.5. The maximum Gasteiger partial charge on any atom is 0.136 e. The van der Waals surface area contributed by atoms with Gasteiger partial charge in [0.05, 0.1) is 52.0 Å². The number of likely N-dealkylation sites (N-methyl/N-ethyl adjacent to an activating group) is 1. The molecule has 12 nitrogen and oxygen atoms in total. The number of hydrogen-bond donors (Lipinski definition) is 4. The molecule has 0 radical (unpaired) electrons. The van der Waals surface area contributed by atoms with Gasteiger partial charge in [0.2, 0.25) is 0 Å². The molecule has 2 unspecified atom stereocenters. The molecule has 1 aliphatic heterocycles. The highest BCUT2D eigenvalue weighted by Crippen LogP contribution is 2.80. The van der Waals surface area contributed by atoms with E-state index < -0.39 is 45.0 Å². The molecule has 0 amide bonds. The summed E-state index contributed by atoms with van der Waals surface area (Å²) < 4.78 is 56.9. The minimum atomic E-state index is -4.69. The van der Waals surface area contributed by atoms with Crippen LogP contribution < -0.4 is 14.0 Å². The molecule has 4 N–H and O–H groups in total. The molecule has 6 fully saturated rings. The molecule has 13 heteroatoms. The Balaban J connectivity index is 0.000000540. The first kappa shape index (κ1) is 29.3. The number of nitrogens with zero attached hydrogens (tertiary/aromatic N) is 1. The van der Waals surface area contributed by atoms with E-state index in [0.29, 0.717) is 13.0 Å². The van der Waals surface area contributed by atoms with E-state index in [1.54, 1.807) is 28.4 Å². The highest BCUT2D eigenvalue weighted by molar-refractivity contribution is 5.41. The van der Waals surface area contributed by atoms with Gasteiger partial charge >= 0.3 is 0 Å². The zero-order chi connectivity index (χ0) is 28.1. The molecule has 6 aliphatic rings. The van der Waals surface area contributed by atoms with Crippen molar-refractivity contribution in [2.45, 2.75) is 74.3 Å². The first-order chi connectivity index (χ1) is 17.8. The molecule has 5 aliphatic carbocycles. The average molecular weight is 568 g/mol. The van der Waals surface area contributed by atoms with Gasteiger partial charge in [-0.2, -0.15) is 14.0 Å². The predicted molar refractivity (Wildman–Crippen MR) is 121 cm³/mol. The Kier molecular flexibility index (Phi) is 7.26. The lowest BCUT2D eigenvalue weighted by Gasteiger charge is -2.70. The Hall–Kier alpha value is -0.190. The number of ether oxygens (including phenoxy) is 4. The number of methoxy groups -OCH3 is 4. The second-order valence-corrected chi connectivity index (χ2v) is 13.1. The Morgan fingerprint density at radius 2 is 1.71 bits per heavy atom. The molecule has 0 aromatic heterocycles. The molecule has 38 heavy (non-hydrogen) atoms. The summed E-state index contributed by atoms with van der Waals surface area (Å²) in [5.74, 6) is -0.492. The van der Waals surface area contributed by atoms with Crippen LogP contribution in [0.15, 0.2) is 0 Å². The summed E-state index contributed by atoms with van der Waals surface area (Å²) in [5, 5.41) is 37.1. The number of likely N-dealkylation sites (tertiary alicyclic amines) is 1. The van der Waals surface area contributed by atoms with Crippen molar-refractivity contribution in [3.05, 3.63) is 0 Å². The zero-order valence-corrected chi connectivity index (χ0v) is 23.4. The van der Waals surface area contributed by atoms with Gasteiger partial charge in [-0.1, -0.05) is 6.92 Å². The number of aliphatic hydroxyl groups excluding tert-OH is 1. The normalized spacial score (nSPS) is 54.5. The standard InChI is InChI=1S/C25H41NO7.ClHO4/c1-6-26-11-22(12-30-2)8-7-16(32-4)24-14-9-13-15(31-3)10-23(28,17(14)18(13)27)25(29,21(24)26)20(33-5)19(22)24;2-1(3,4)5/h13-21,27-29H,6-12H2,1-5H3;(H,2,3,4,5)/t13-,14-,15+,16+,17?,18+,19-,20+,21?,22+,23-,24+,25+;/m1./s1. The number of rotatable bonds is 6. The Bertz CT molecular complexity index is 903. The van der Waals surface area contributed by atoms with Gasteiger partial charge in [0.1, 0.15) is 11.2 Å². The summed E-state index contributed by atoms with van der Waals surface area (Å²) in [7, 11) is 2.16. The van der Waals surface area contributed by atoms with Crippen LogP contribution in [-0.4, -0.2) is 115 Å². The fourth-order valence-corrected chi connectivity index (χ4v) is 11.0. The molecule has 1 spiro atoms. The lowest BCUT2D eigenvalue weighted by Crippen LogP contribution is -2.82. The minimum Gasteiger partial charge on any atom is -0.392 e. The summed E-state index contributed by atoms with van der Waals surface area (Å²) in [6, 6.07) is -0.312. The van der Waals surface area contributed by atoms with Gasteiger partial charge in [0.25, 0.3) is 0 Å². The van der Waals surface area contributed by atoms with Crippen LogP contribution in [0.1, 0.15) is 32.6 Å². The molecule has 1 saturated heterocycles. The third kappa shape index (κ3) is 3.41. The molecular weight excluding hydrogens is 526 g/mol. The molecule has 13 atom stereocenters. The Labute approximate surface area is 225 Å². The van der Waals surface area contributed by atoms with E-state index in [1.807, 2.05) is 0 Å². The van der Waals surface area contributed by atoms with E-state index >= 15 is 0 Å². The molecule has 1 heterocycles. The molecule has 6 rings (SSSR count). The predicted octanol–water partition coefficient (Wildman–Crippen LogP) is -3.85. The van der Waals surface area contributed by atoms with Crippen LogP contribution in [0.3, 0.4) is 0 Å². The lowest BCUT2D eigenvalue weighted by atomic mass is 9.42. The zero-order valence-electron chi connectivity index (χ0n) is 22.6. The largest absolute Gasteiger partial charge is 0.392 e. The summed E-state index contributed by atoms with van der Waals surface area (Å²) in [6.07, 6.45) is 1.21. The van der Waals surface area contributed by atoms with Gasteiger partial charge in [-0.25, -0.2) is 0 Å². The fraction of sp³-hybridized carbons (Fsp3) is 1.00. The minimum absolute atomic E-state index is 0.00825. The number of hydrogen-bond acceptors (Lipinski definition) is 12. The number of fused-ring (bicyclic) bond motifs is 2. The summed E-state index contributed by atoms with van der Waals surface area (Å²) in [4.78, 5) is 2.38. The fourth-order valence-electron chi connectivity index (χ4n) is 11.0. The molecule has 5 saturated carbocycles. The quantitative estimate of drug-likeness (QED) is 0.245. The molecule has 7 bridgehead atoms. The van der Waals surface area contributed by atoms with Crippen molar-refractivity contribution < 1.29 is 63.1 Å². The van der Waals surface area contributed by atoms with Crippen molar-refractivity contribution in [1.82, 2.24) is 4.90 Å². The van der Waals surface area contributed by atoms with Crippen molar-refractivity contribution in [1.29, 1.82) is 0 Å². The second-order valence-electron chi connectivity index (χ2n) is 12.3. The smallest absolute Gasteiger partial charge is 0.136 e. The van der Waals surface area contributed by atoms with Crippen LogP contribution in [0, 0.1) is 44.7 Å². The van der Waals surface area contributed by atoms with Crippen molar-refractivity contribution in [2.24, 2.45) is 34.5 Å². The Morgan fingerprint density at radius 3 is 2.24 bits per heavy atom. The maximum absolute atomic E-state index is 12.9. The van der Waals surface area contributed by atoms with Crippen molar-refractivity contribution >= 4 is 0 Å². The van der Waals surface area contributed by atoms with E-state index in [-0.39, 0.29) is 41.4 Å². The molecular formula is C25H42ClNO11. The van der Waals surface area contributed by atoms with Gasteiger partial charge in [0, 0.05) is 70.0 Å². The maximum atomic E-state index is 12.9. The van der Waals surface area contributed by atoms with Crippen LogP contribution in [0.2, 0.25) is 0 Å². The van der Waals surface area contributed by atoms with Gasteiger partial charge in [-0.3, -0.25) is 4.90 Å². The number of aliphatic hydroxyl groups is 3. The van der Waals surface area contributed by atoms with E-state index in [0.717, 1.165) is 32.4 Å². The van der Waals surface area contributed by atoms with E-state index in [2.05, 4.69) is 11.8 Å². The average Bonchev–Trinajstić information content (AvgIpc) is 3.20. The SMILES string of the molecule is CCN1C[C@]2(COC)CC[C@H](OC)[C@]34C1[C@@](O)([C@@H](OC)[C@H]23)[C@@]1(O)C[C@H](OC)[C@H]2C[C@@H]4C1[C@H]2O.[O-][Cl+3]([O-])([O-])O. The van der Waals surface area contributed by atoms with Crippen LogP contribution in [-0.2, 0) is 18.9 Å². The Morgan fingerprint density at radius 1 is 1.05 bits per heavy atom.